The lowest BCUT2D eigenvalue weighted by atomic mass is 10.1. The van der Waals surface area contributed by atoms with Gasteiger partial charge in [-0.1, -0.05) is 6.92 Å². The number of carbonyl (C=O) groups is 1. The van der Waals surface area contributed by atoms with Gasteiger partial charge in [0.1, 0.15) is 4.90 Å². The number of rotatable bonds is 4. The lowest BCUT2D eigenvalue weighted by molar-refractivity contribution is -0.136. The molecular formula is C13H12O6S. The van der Waals surface area contributed by atoms with Crippen molar-refractivity contribution in [2.45, 2.75) is 18.2 Å². The second-order valence-corrected chi connectivity index (χ2v) is 6.48. The van der Waals surface area contributed by atoms with Crippen LogP contribution in [0.2, 0.25) is 0 Å². The van der Waals surface area contributed by atoms with E-state index in [9.17, 15) is 18.0 Å². The molecule has 0 radical (unpaired) electrons. The molecule has 1 heterocycles. The minimum absolute atomic E-state index is 0.0338. The van der Waals surface area contributed by atoms with Crippen LogP contribution in [-0.4, -0.2) is 25.2 Å². The van der Waals surface area contributed by atoms with E-state index in [0.717, 1.165) is 12.3 Å². The van der Waals surface area contributed by atoms with Crippen molar-refractivity contribution in [3.05, 3.63) is 40.2 Å². The number of carboxylic acids is 1. The fourth-order valence-corrected chi connectivity index (χ4v) is 2.96. The minimum atomic E-state index is -3.63. The molecule has 1 N–H and O–H groups in total. The minimum Gasteiger partial charge on any atom is -0.481 e. The first-order chi connectivity index (χ1) is 9.35. The summed E-state index contributed by atoms with van der Waals surface area (Å²) in [6, 6.07) is 3.76. The van der Waals surface area contributed by atoms with Crippen LogP contribution in [0.3, 0.4) is 0 Å². The van der Waals surface area contributed by atoms with E-state index in [-0.39, 0.29) is 33.6 Å². The van der Waals surface area contributed by atoms with E-state index in [0.29, 0.717) is 0 Å². The zero-order chi connectivity index (χ0) is 14.9. The highest BCUT2D eigenvalue weighted by Crippen LogP contribution is 2.24. The van der Waals surface area contributed by atoms with Crippen LogP contribution in [0.1, 0.15) is 12.5 Å². The highest BCUT2D eigenvalue weighted by atomic mass is 32.2. The maximum absolute atomic E-state index is 12.1. The van der Waals surface area contributed by atoms with Gasteiger partial charge < -0.3 is 9.52 Å². The SMILES string of the molecule is CCS(=O)(=O)c1cc(CC(=O)O)cc2c(=O)ccoc12. The molecule has 106 valence electrons. The molecule has 20 heavy (non-hydrogen) atoms. The Morgan fingerprint density at radius 1 is 1.35 bits per heavy atom. The average Bonchev–Trinajstić information content (AvgIpc) is 2.38. The van der Waals surface area contributed by atoms with E-state index < -0.39 is 21.2 Å². The molecule has 7 heteroatoms. The Morgan fingerprint density at radius 3 is 2.65 bits per heavy atom. The molecule has 2 rings (SSSR count). The Hall–Kier alpha value is -2.15. The highest BCUT2D eigenvalue weighted by Gasteiger charge is 2.20. The van der Waals surface area contributed by atoms with Crippen LogP contribution >= 0.6 is 0 Å². The summed E-state index contributed by atoms with van der Waals surface area (Å²) in [5, 5.41) is 8.88. The molecule has 1 aromatic carbocycles. The van der Waals surface area contributed by atoms with Gasteiger partial charge in [0.15, 0.2) is 20.8 Å². The monoisotopic (exact) mass is 296 g/mol. The molecule has 0 saturated carbocycles. The molecule has 0 aliphatic rings. The molecule has 1 aromatic heterocycles. The fraction of sp³-hybridized carbons (Fsp3) is 0.231. The van der Waals surface area contributed by atoms with Crippen LogP contribution < -0.4 is 5.43 Å². The van der Waals surface area contributed by atoms with Gasteiger partial charge in [0, 0.05) is 6.07 Å². The summed E-state index contributed by atoms with van der Waals surface area (Å²) in [7, 11) is -3.63. The van der Waals surface area contributed by atoms with Crippen molar-refractivity contribution in [1.29, 1.82) is 0 Å². The molecule has 0 aliphatic carbocycles. The molecule has 0 bridgehead atoms. The summed E-state index contributed by atoms with van der Waals surface area (Å²) in [6.07, 6.45) is 0.757. The zero-order valence-electron chi connectivity index (χ0n) is 10.6. The van der Waals surface area contributed by atoms with Crippen molar-refractivity contribution in [2.75, 3.05) is 5.75 Å². The number of fused-ring (bicyclic) bond motifs is 1. The summed E-state index contributed by atoms with van der Waals surface area (Å²) in [5.41, 5.74) is -0.199. The van der Waals surface area contributed by atoms with Gasteiger partial charge in [0.25, 0.3) is 0 Å². The van der Waals surface area contributed by atoms with Gasteiger partial charge in [-0.25, -0.2) is 8.42 Å². The van der Waals surface area contributed by atoms with Crippen LogP contribution in [0.25, 0.3) is 11.0 Å². The van der Waals surface area contributed by atoms with Gasteiger partial charge in [0.2, 0.25) is 0 Å². The fourth-order valence-electron chi connectivity index (χ4n) is 1.88. The summed E-state index contributed by atoms with van der Waals surface area (Å²) >= 11 is 0. The number of hydrogen-bond acceptors (Lipinski definition) is 5. The Kier molecular flexibility index (Phi) is 3.63. The van der Waals surface area contributed by atoms with Crippen molar-refractivity contribution in [1.82, 2.24) is 0 Å². The Balaban J connectivity index is 2.87. The Labute approximate surface area is 114 Å². The zero-order valence-corrected chi connectivity index (χ0v) is 11.4. The molecule has 6 nitrogen and oxygen atoms in total. The molecule has 2 aromatic rings. The first-order valence-corrected chi connectivity index (χ1v) is 7.49. The van der Waals surface area contributed by atoms with Gasteiger partial charge in [-0.2, -0.15) is 0 Å². The van der Waals surface area contributed by atoms with E-state index in [2.05, 4.69) is 0 Å². The van der Waals surface area contributed by atoms with Crippen LogP contribution in [0.4, 0.5) is 0 Å². The molecule has 0 atom stereocenters. The van der Waals surface area contributed by atoms with Crippen molar-refractivity contribution >= 4 is 26.8 Å². The number of hydrogen-bond donors (Lipinski definition) is 1. The molecule has 0 amide bonds. The number of sulfone groups is 1. The topological polar surface area (TPSA) is 102 Å². The third kappa shape index (κ3) is 2.57. The lowest BCUT2D eigenvalue weighted by Gasteiger charge is -2.07. The summed E-state index contributed by atoms with van der Waals surface area (Å²) in [5.74, 6) is -1.28. The summed E-state index contributed by atoms with van der Waals surface area (Å²) in [6.45, 7) is 1.46. The number of aliphatic carboxylic acids is 1. The third-order valence-electron chi connectivity index (χ3n) is 2.86. The first kappa shape index (κ1) is 14.3. The standard InChI is InChI=1S/C13H12O6S/c1-2-20(17,18)11-6-8(7-12(15)16)5-9-10(14)3-4-19-13(9)11/h3-6H,2,7H2,1H3,(H,15,16). The average molecular weight is 296 g/mol. The lowest BCUT2D eigenvalue weighted by Crippen LogP contribution is -2.10. The predicted molar refractivity (Wildman–Crippen MR) is 71.6 cm³/mol. The molecule has 0 aliphatic heterocycles. The van der Waals surface area contributed by atoms with Crippen LogP contribution in [-0.2, 0) is 21.1 Å². The van der Waals surface area contributed by atoms with E-state index in [4.69, 9.17) is 9.52 Å². The first-order valence-electron chi connectivity index (χ1n) is 5.84. The Bertz CT molecular complexity index is 832. The summed E-state index contributed by atoms with van der Waals surface area (Å²) in [4.78, 5) is 22.4. The maximum Gasteiger partial charge on any atom is 0.307 e. The van der Waals surface area contributed by atoms with Crippen molar-refractivity contribution in [3.63, 3.8) is 0 Å². The molecule has 0 unspecified atom stereocenters. The second-order valence-electron chi connectivity index (χ2n) is 4.23. The van der Waals surface area contributed by atoms with E-state index in [1.165, 1.54) is 19.1 Å². The summed E-state index contributed by atoms with van der Waals surface area (Å²) < 4.78 is 29.3. The van der Waals surface area contributed by atoms with Gasteiger partial charge in [-0.3, -0.25) is 9.59 Å². The Morgan fingerprint density at radius 2 is 2.05 bits per heavy atom. The van der Waals surface area contributed by atoms with Gasteiger partial charge >= 0.3 is 5.97 Å². The molecule has 0 spiro atoms. The highest BCUT2D eigenvalue weighted by molar-refractivity contribution is 7.91. The molecular weight excluding hydrogens is 284 g/mol. The third-order valence-corrected chi connectivity index (χ3v) is 4.59. The van der Waals surface area contributed by atoms with Crippen LogP contribution in [0.5, 0.6) is 0 Å². The van der Waals surface area contributed by atoms with Gasteiger partial charge in [0.05, 0.1) is 23.8 Å². The quantitative estimate of drug-likeness (QED) is 0.910. The second kappa shape index (κ2) is 5.09. The molecule has 0 fully saturated rings. The van der Waals surface area contributed by atoms with E-state index in [1.807, 2.05) is 0 Å². The predicted octanol–water partition coefficient (Wildman–Crippen LogP) is 1.21. The number of benzene rings is 1. The molecule has 0 saturated heterocycles. The van der Waals surface area contributed by atoms with Gasteiger partial charge in [-0.05, 0) is 17.7 Å². The van der Waals surface area contributed by atoms with Gasteiger partial charge in [-0.15, -0.1) is 0 Å². The van der Waals surface area contributed by atoms with Crippen molar-refractivity contribution in [2.24, 2.45) is 0 Å². The number of carboxylic acid groups (broad SMARTS) is 1. The smallest absolute Gasteiger partial charge is 0.307 e. The van der Waals surface area contributed by atoms with E-state index in [1.54, 1.807) is 0 Å². The van der Waals surface area contributed by atoms with Crippen molar-refractivity contribution in [3.8, 4) is 0 Å². The van der Waals surface area contributed by atoms with Crippen LogP contribution in [0.15, 0.2) is 38.6 Å². The van der Waals surface area contributed by atoms with Crippen molar-refractivity contribution < 1.29 is 22.7 Å². The maximum atomic E-state index is 12.1. The van der Waals surface area contributed by atoms with Crippen LogP contribution in [0, 0.1) is 0 Å². The normalized spacial score (nSPS) is 11.7. The largest absolute Gasteiger partial charge is 0.481 e. The van der Waals surface area contributed by atoms with E-state index >= 15 is 0 Å².